The van der Waals surface area contributed by atoms with E-state index in [9.17, 15) is 0 Å². The van der Waals surface area contributed by atoms with E-state index in [0.29, 0.717) is 11.5 Å². The first-order valence-electron chi connectivity index (χ1n) is 3.56. The van der Waals surface area contributed by atoms with Crippen LogP contribution in [0.3, 0.4) is 0 Å². The minimum absolute atomic E-state index is 0.178. The first-order valence-corrected chi connectivity index (χ1v) is 3.56. The van der Waals surface area contributed by atoms with Crippen LogP contribution in [0, 0.1) is 0 Å². The maximum Gasteiger partial charge on any atom is 0.247 e. The summed E-state index contributed by atoms with van der Waals surface area (Å²) in [5, 5.41) is 25.3. The fourth-order valence-electron chi connectivity index (χ4n) is 0.955. The van der Waals surface area contributed by atoms with Gasteiger partial charge in [0.25, 0.3) is 0 Å². The van der Waals surface area contributed by atoms with Gasteiger partial charge in [0.1, 0.15) is 0 Å². The van der Waals surface area contributed by atoms with Crippen LogP contribution in [-0.4, -0.2) is 20.4 Å². The second kappa shape index (κ2) is 2.78. The molecule has 66 valence electrons. The molecule has 1 heterocycles. The van der Waals surface area contributed by atoms with Gasteiger partial charge < -0.3 is 14.6 Å². The molecule has 0 fully saturated rings. The van der Waals surface area contributed by atoms with Gasteiger partial charge in [-0.15, -0.1) is 10.2 Å². The van der Waals surface area contributed by atoms with Crippen molar-refractivity contribution < 1.29 is 14.6 Å². The van der Waals surface area contributed by atoms with E-state index in [0.717, 1.165) is 0 Å². The topological polar surface area (TPSA) is 79.4 Å². The third-order valence-corrected chi connectivity index (χ3v) is 1.58. The van der Waals surface area contributed by atoms with Crippen molar-refractivity contribution in [2.24, 2.45) is 0 Å². The predicted molar refractivity (Wildman–Crippen MR) is 43.1 cm³/mol. The first kappa shape index (κ1) is 7.60. The van der Waals surface area contributed by atoms with E-state index < -0.39 is 0 Å². The molecule has 2 rings (SSSR count). The number of phenols is 2. The quantitative estimate of drug-likeness (QED) is 0.640. The Hall–Kier alpha value is -2.04. The minimum atomic E-state index is -0.212. The van der Waals surface area contributed by atoms with Gasteiger partial charge >= 0.3 is 0 Å². The van der Waals surface area contributed by atoms with E-state index in [4.69, 9.17) is 14.6 Å². The largest absolute Gasteiger partial charge is 0.504 e. The predicted octanol–water partition coefficient (Wildman–Crippen LogP) is 1.15. The van der Waals surface area contributed by atoms with E-state index in [1.54, 1.807) is 6.07 Å². The summed E-state index contributed by atoms with van der Waals surface area (Å²) in [6, 6.07) is 4.28. The molecular weight excluding hydrogens is 172 g/mol. The molecule has 0 amide bonds. The van der Waals surface area contributed by atoms with Crippen LogP contribution in [0.4, 0.5) is 0 Å². The standard InChI is InChI=1S/C8H6N2O3/c11-6-2-1-5(3-7(6)12)8-10-9-4-13-8/h1-4,11-12H. The number of aromatic nitrogens is 2. The summed E-state index contributed by atoms with van der Waals surface area (Å²) in [5.41, 5.74) is 0.563. The van der Waals surface area contributed by atoms with Gasteiger partial charge in [-0.2, -0.15) is 0 Å². The smallest absolute Gasteiger partial charge is 0.247 e. The molecule has 13 heavy (non-hydrogen) atoms. The molecule has 0 aliphatic rings. The zero-order valence-electron chi connectivity index (χ0n) is 6.51. The number of benzene rings is 1. The van der Waals surface area contributed by atoms with Crippen molar-refractivity contribution in [3.05, 3.63) is 24.6 Å². The second-order valence-electron chi connectivity index (χ2n) is 2.45. The lowest BCUT2D eigenvalue weighted by Crippen LogP contribution is -1.77. The third-order valence-electron chi connectivity index (χ3n) is 1.58. The zero-order chi connectivity index (χ0) is 9.26. The highest BCUT2D eigenvalue weighted by Gasteiger charge is 2.06. The Labute approximate surface area is 73.3 Å². The fraction of sp³-hybridized carbons (Fsp3) is 0. The van der Waals surface area contributed by atoms with Crippen LogP contribution in [0.1, 0.15) is 0 Å². The Morgan fingerprint density at radius 2 is 2.00 bits per heavy atom. The molecule has 0 saturated carbocycles. The molecule has 0 aliphatic carbocycles. The summed E-state index contributed by atoms with van der Waals surface area (Å²) < 4.78 is 4.90. The number of hydrogen-bond donors (Lipinski definition) is 2. The van der Waals surface area contributed by atoms with Crippen LogP contribution in [-0.2, 0) is 0 Å². The van der Waals surface area contributed by atoms with Crippen LogP contribution in [0.2, 0.25) is 0 Å². The highest BCUT2D eigenvalue weighted by Crippen LogP contribution is 2.29. The average Bonchev–Trinajstić information content (AvgIpc) is 2.62. The van der Waals surface area contributed by atoms with Crippen molar-refractivity contribution in [2.75, 3.05) is 0 Å². The molecular formula is C8H6N2O3. The Kier molecular flexibility index (Phi) is 1.63. The van der Waals surface area contributed by atoms with Crippen molar-refractivity contribution in [3.8, 4) is 23.0 Å². The number of aromatic hydroxyl groups is 2. The number of rotatable bonds is 1. The molecule has 1 aromatic heterocycles. The van der Waals surface area contributed by atoms with E-state index in [1.807, 2.05) is 0 Å². The van der Waals surface area contributed by atoms with Crippen LogP contribution < -0.4 is 0 Å². The monoisotopic (exact) mass is 178 g/mol. The van der Waals surface area contributed by atoms with Gasteiger partial charge in [0.2, 0.25) is 12.3 Å². The van der Waals surface area contributed by atoms with Crippen molar-refractivity contribution >= 4 is 0 Å². The molecule has 0 radical (unpaired) electrons. The molecule has 5 heteroatoms. The lowest BCUT2D eigenvalue weighted by molar-refractivity contribution is 0.403. The summed E-state index contributed by atoms with van der Waals surface area (Å²) in [6.07, 6.45) is 1.19. The lowest BCUT2D eigenvalue weighted by atomic mass is 10.2. The van der Waals surface area contributed by atoms with E-state index in [1.165, 1.54) is 18.5 Å². The van der Waals surface area contributed by atoms with Crippen LogP contribution >= 0.6 is 0 Å². The lowest BCUT2D eigenvalue weighted by Gasteiger charge is -1.98. The van der Waals surface area contributed by atoms with Gasteiger partial charge in [-0.05, 0) is 18.2 Å². The summed E-state index contributed by atoms with van der Waals surface area (Å²) in [6.45, 7) is 0. The average molecular weight is 178 g/mol. The normalized spacial score (nSPS) is 10.2. The highest BCUT2D eigenvalue weighted by atomic mass is 16.4. The molecule has 5 nitrogen and oxygen atoms in total. The molecule has 0 atom stereocenters. The van der Waals surface area contributed by atoms with Gasteiger partial charge in [-0.1, -0.05) is 0 Å². The van der Waals surface area contributed by atoms with Gasteiger partial charge in [-0.25, -0.2) is 0 Å². The minimum Gasteiger partial charge on any atom is -0.504 e. The molecule has 0 saturated heterocycles. The number of nitrogens with zero attached hydrogens (tertiary/aromatic N) is 2. The van der Waals surface area contributed by atoms with Crippen molar-refractivity contribution in [1.82, 2.24) is 10.2 Å². The number of hydrogen-bond acceptors (Lipinski definition) is 5. The van der Waals surface area contributed by atoms with Crippen molar-refractivity contribution in [1.29, 1.82) is 0 Å². The SMILES string of the molecule is Oc1ccc(-c2nnco2)cc1O. The molecule has 0 bridgehead atoms. The van der Waals surface area contributed by atoms with E-state index >= 15 is 0 Å². The van der Waals surface area contributed by atoms with E-state index in [2.05, 4.69) is 10.2 Å². The molecule has 0 aliphatic heterocycles. The fourth-order valence-corrected chi connectivity index (χ4v) is 0.955. The highest BCUT2D eigenvalue weighted by molar-refractivity contribution is 5.58. The van der Waals surface area contributed by atoms with Gasteiger partial charge in [0.05, 0.1) is 0 Å². The molecule has 0 unspecified atom stereocenters. The maximum atomic E-state index is 9.16. The van der Waals surface area contributed by atoms with Gasteiger partial charge in [0, 0.05) is 5.56 Å². The molecule has 2 aromatic rings. The van der Waals surface area contributed by atoms with Crippen LogP contribution in [0.25, 0.3) is 11.5 Å². The molecule has 2 N–H and O–H groups in total. The van der Waals surface area contributed by atoms with E-state index in [-0.39, 0.29) is 11.5 Å². The Bertz CT molecular complexity index is 411. The Balaban J connectivity index is 2.49. The molecule has 1 aromatic carbocycles. The van der Waals surface area contributed by atoms with Gasteiger partial charge in [-0.3, -0.25) is 0 Å². The van der Waals surface area contributed by atoms with Crippen molar-refractivity contribution in [3.63, 3.8) is 0 Å². The zero-order valence-corrected chi connectivity index (χ0v) is 6.51. The molecule has 0 spiro atoms. The third kappa shape index (κ3) is 1.31. The summed E-state index contributed by atoms with van der Waals surface area (Å²) >= 11 is 0. The Morgan fingerprint density at radius 1 is 1.15 bits per heavy atom. The Morgan fingerprint density at radius 3 is 2.62 bits per heavy atom. The number of phenolic OH excluding ortho intramolecular Hbond substituents is 2. The van der Waals surface area contributed by atoms with Gasteiger partial charge in [0.15, 0.2) is 11.5 Å². The van der Waals surface area contributed by atoms with Crippen molar-refractivity contribution in [2.45, 2.75) is 0 Å². The maximum absolute atomic E-state index is 9.16. The summed E-state index contributed by atoms with van der Waals surface area (Å²) in [4.78, 5) is 0. The summed E-state index contributed by atoms with van der Waals surface area (Å²) in [5.74, 6) is -0.0886. The second-order valence-corrected chi connectivity index (χ2v) is 2.45. The van der Waals surface area contributed by atoms with Crippen LogP contribution in [0.5, 0.6) is 11.5 Å². The first-order chi connectivity index (χ1) is 6.27. The summed E-state index contributed by atoms with van der Waals surface area (Å²) in [7, 11) is 0. The van der Waals surface area contributed by atoms with Crippen LogP contribution in [0.15, 0.2) is 29.0 Å².